The third-order valence-electron chi connectivity index (χ3n) is 2.96. The third-order valence-corrected chi connectivity index (χ3v) is 2.96. The zero-order valence-corrected chi connectivity index (χ0v) is 10.9. The van der Waals surface area contributed by atoms with E-state index in [0.29, 0.717) is 17.5 Å². The van der Waals surface area contributed by atoms with E-state index in [-0.39, 0.29) is 11.6 Å². The number of hydrogen-bond donors (Lipinski definition) is 1. The fourth-order valence-electron chi connectivity index (χ4n) is 1.99. The largest absolute Gasteiger partial charge is 0.508 e. The van der Waals surface area contributed by atoms with Gasteiger partial charge in [0.25, 0.3) is 0 Å². The highest BCUT2D eigenvalue weighted by atomic mass is 19.1. The summed E-state index contributed by atoms with van der Waals surface area (Å²) in [5.74, 6) is -0.302. The van der Waals surface area contributed by atoms with E-state index in [9.17, 15) is 9.50 Å². The Morgan fingerprint density at radius 1 is 1.05 bits per heavy atom. The van der Waals surface area contributed by atoms with Crippen molar-refractivity contribution in [1.29, 1.82) is 0 Å². The number of benzene rings is 2. The molecule has 0 heterocycles. The summed E-state index contributed by atoms with van der Waals surface area (Å²) < 4.78 is 13.8. The van der Waals surface area contributed by atoms with Crippen LogP contribution in [0.5, 0.6) is 5.75 Å². The van der Waals surface area contributed by atoms with Gasteiger partial charge in [-0.1, -0.05) is 55.8 Å². The molecule has 2 aromatic rings. The lowest BCUT2D eigenvalue weighted by molar-refractivity contribution is 0.458. The van der Waals surface area contributed by atoms with E-state index in [1.807, 2.05) is 43.3 Å². The van der Waals surface area contributed by atoms with Crippen molar-refractivity contribution in [2.24, 2.45) is 0 Å². The monoisotopic (exact) mass is 256 g/mol. The summed E-state index contributed by atoms with van der Waals surface area (Å²) in [5, 5.41) is 9.83. The molecule has 0 aromatic heterocycles. The SMILES string of the molecule is CCCc1c(O)cc(/C=C/c2ccccc2)cc1F. The van der Waals surface area contributed by atoms with Crippen molar-refractivity contribution in [2.75, 3.05) is 0 Å². The zero-order valence-electron chi connectivity index (χ0n) is 10.9. The summed E-state index contributed by atoms with van der Waals surface area (Å²) >= 11 is 0. The Morgan fingerprint density at radius 2 is 1.74 bits per heavy atom. The number of halogens is 1. The molecule has 0 radical (unpaired) electrons. The van der Waals surface area contributed by atoms with Gasteiger partial charge in [-0.3, -0.25) is 0 Å². The van der Waals surface area contributed by atoms with Gasteiger partial charge in [0.15, 0.2) is 0 Å². The van der Waals surface area contributed by atoms with Gasteiger partial charge in [-0.2, -0.15) is 0 Å². The van der Waals surface area contributed by atoms with Crippen LogP contribution in [0.25, 0.3) is 12.2 Å². The maximum absolute atomic E-state index is 13.8. The number of hydrogen-bond acceptors (Lipinski definition) is 1. The Hall–Kier alpha value is -2.09. The molecule has 2 rings (SSSR count). The molecule has 0 amide bonds. The van der Waals surface area contributed by atoms with Crippen LogP contribution in [0.4, 0.5) is 4.39 Å². The molecule has 0 spiro atoms. The second kappa shape index (κ2) is 6.19. The maximum Gasteiger partial charge on any atom is 0.130 e. The van der Waals surface area contributed by atoms with Crippen LogP contribution in [0.3, 0.4) is 0 Å². The van der Waals surface area contributed by atoms with E-state index in [1.165, 1.54) is 6.07 Å². The Kier molecular flexibility index (Phi) is 4.35. The predicted molar refractivity (Wildman–Crippen MR) is 77.4 cm³/mol. The van der Waals surface area contributed by atoms with E-state index >= 15 is 0 Å². The number of phenols is 1. The smallest absolute Gasteiger partial charge is 0.130 e. The Balaban J connectivity index is 2.25. The van der Waals surface area contributed by atoms with Crippen LogP contribution >= 0.6 is 0 Å². The standard InChI is InChI=1S/C17H17FO/c1-2-6-15-16(18)11-14(12-17(15)19)10-9-13-7-4-3-5-8-13/h3-5,7-12,19H,2,6H2,1H3/b10-9+. The van der Waals surface area contributed by atoms with Crippen molar-refractivity contribution in [3.63, 3.8) is 0 Å². The van der Waals surface area contributed by atoms with Gasteiger partial charge in [0.1, 0.15) is 11.6 Å². The van der Waals surface area contributed by atoms with E-state index in [0.717, 1.165) is 12.0 Å². The Labute approximate surface area is 113 Å². The van der Waals surface area contributed by atoms with Crippen LogP contribution < -0.4 is 0 Å². The average molecular weight is 256 g/mol. The summed E-state index contributed by atoms with van der Waals surface area (Å²) in [7, 11) is 0. The van der Waals surface area contributed by atoms with E-state index in [4.69, 9.17) is 0 Å². The van der Waals surface area contributed by atoms with Gasteiger partial charge in [-0.05, 0) is 29.7 Å². The lowest BCUT2D eigenvalue weighted by Crippen LogP contribution is -1.91. The molecule has 0 bridgehead atoms. The molecule has 0 aliphatic rings. The molecule has 0 unspecified atom stereocenters. The molecule has 19 heavy (non-hydrogen) atoms. The molecular weight excluding hydrogens is 239 g/mol. The molecular formula is C17H17FO. The van der Waals surface area contributed by atoms with Crippen LogP contribution in [0.15, 0.2) is 42.5 Å². The summed E-state index contributed by atoms with van der Waals surface area (Å²) in [6.45, 7) is 1.96. The van der Waals surface area contributed by atoms with Gasteiger partial charge in [-0.25, -0.2) is 4.39 Å². The molecule has 1 nitrogen and oxygen atoms in total. The molecule has 0 atom stereocenters. The van der Waals surface area contributed by atoms with Crippen molar-refractivity contribution in [3.05, 3.63) is 65.0 Å². The van der Waals surface area contributed by atoms with Crippen LogP contribution in [0.1, 0.15) is 30.0 Å². The zero-order chi connectivity index (χ0) is 13.7. The minimum Gasteiger partial charge on any atom is -0.508 e. The Bertz CT molecular complexity index is 550. The maximum atomic E-state index is 13.8. The highest BCUT2D eigenvalue weighted by Crippen LogP contribution is 2.25. The minimum absolute atomic E-state index is 0.0366. The lowest BCUT2D eigenvalue weighted by Gasteiger charge is -2.06. The quantitative estimate of drug-likeness (QED) is 0.789. The molecule has 0 aliphatic heterocycles. The van der Waals surface area contributed by atoms with Crippen molar-refractivity contribution < 1.29 is 9.50 Å². The van der Waals surface area contributed by atoms with Crippen LogP contribution in [0, 0.1) is 5.82 Å². The second-order valence-electron chi connectivity index (χ2n) is 4.49. The average Bonchev–Trinajstić information content (AvgIpc) is 2.42. The van der Waals surface area contributed by atoms with Gasteiger partial charge >= 0.3 is 0 Å². The van der Waals surface area contributed by atoms with E-state index in [1.54, 1.807) is 12.1 Å². The molecule has 98 valence electrons. The van der Waals surface area contributed by atoms with Crippen LogP contribution in [-0.2, 0) is 6.42 Å². The molecule has 0 saturated heterocycles. The van der Waals surface area contributed by atoms with Crippen LogP contribution in [0.2, 0.25) is 0 Å². The summed E-state index contributed by atoms with van der Waals surface area (Å²) in [6.07, 6.45) is 5.06. The second-order valence-corrected chi connectivity index (χ2v) is 4.49. The van der Waals surface area contributed by atoms with E-state index < -0.39 is 0 Å². The van der Waals surface area contributed by atoms with E-state index in [2.05, 4.69) is 0 Å². The summed E-state index contributed by atoms with van der Waals surface area (Å²) in [5.41, 5.74) is 2.11. The molecule has 0 fully saturated rings. The molecule has 1 N–H and O–H groups in total. The fourth-order valence-corrected chi connectivity index (χ4v) is 1.99. The van der Waals surface area contributed by atoms with Crippen molar-refractivity contribution in [3.8, 4) is 5.75 Å². The first-order chi connectivity index (χ1) is 9.20. The van der Waals surface area contributed by atoms with Crippen molar-refractivity contribution in [2.45, 2.75) is 19.8 Å². The fraction of sp³-hybridized carbons (Fsp3) is 0.176. The highest BCUT2D eigenvalue weighted by molar-refractivity contribution is 5.70. The Morgan fingerprint density at radius 3 is 2.37 bits per heavy atom. The van der Waals surface area contributed by atoms with Gasteiger partial charge in [0, 0.05) is 5.56 Å². The topological polar surface area (TPSA) is 20.2 Å². The van der Waals surface area contributed by atoms with Crippen molar-refractivity contribution >= 4 is 12.2 Å². The molecule has 2 heteroatoms. The first-order valence-electron chi connectivity index (χ1n) is 6.45. The summed E-state index contributed by atoms with van der Waals surface area (Å²) in [4.78, 5) is 0. The van der Waals surface area contributed by atoms with Crippen LogP contribution in [-0.4, -0.2) is 5.11 Å². The van der Waals surface area contributed by atoms with Gasteiger partial charge < -0.3 is 5.11 Å². The van der Waals surface area contributed by atoms with Gasteiger partial charge in [0.2, 0.25) is 0 Å². The normalized spacial score (nSPS) is 11.1. The first-order valence-corrected chi connectivity index (χ1v) is 6.45. The third kappa shape index (κ3) is 3.44. The molecule has 0 saturated carbocycles. The number of rotatable bonds is 4. The first kappa shape index (κ1) is 13.3. The number of phenolic OH excluding ortho intramolecular Hbond substituents is 1. The summed E-state index contributed by atoms with van der Waals surface area (Å²) in [6, 6.07) is 12.8. The van der Waals surface area contributed by atoms with Crippen molar-refractivity contribution in [1.82, 2.24) is 0 Å². The molecule has 2 aromatic carbocycles. The molecule has 0 aliphatic carbocycles. The highest BCUT2D eigenvalue weighted by Gasteiger charge is 2.08. The number of aromatic hydroxyl groups is 1. The van der Waals surface area contributed by atoms with Gasteiger partial charge in [0.05, 0.1) is 0 Å². The minimum atomic E-state index is -0.338. The predicted octanol–water partition coefficient (Wildman–Crippen LogP) is 4.65. The lowest BCUT2D eigenvalue weighted by atomic mass is 10.0. The van der Waals surface area contributed by atoms with Gasteiger partial charge in [-0.15, -0.1) is 0 Å².